The molecule has 0 aromatic carbocycles. The van der Waals surface area contributed by atoms with Crippen molar-refractivity contribution in [1.29, 1.82) is 0 Å². The number of hydrogen-bond donors (Lipinski definition) is 2. The first-order valence-electron chi connectivity index (χ1n) is 5.71. The highest BCUT2D eigenvalue weighted by Crippen LogP contribution is 2.39. The lowest BCUT2D eigenvalue weighted by atomic mass is 9.94. The Bertz CT molecular complexity index is 188. The molecule has 2 fully saturated rings. The fourth-order valence-corrected chi connectivity index (χ4v) is 2.33. The maximum atomic E-state index is 9.42. The van der Waals surface area contributed by atoms with Gasteiger partial charge in [-0.1, -0.05) is 0 Å². The van der Waals surface area contributed by atoms with Crippen molar-refractivity contribution in [2.75, 3.05) is 19.8 Å². The van der Waals surface area contributed by atoms with E-state index in [1.807, 2.05) is 0 Å². The molecule has 2 aliphatic rings. The molecule has 1 aliphatic carbocycles. The second-order valence-electron chi connectivity index (χ2n) is 4.91. The predicted octanol–water partition coefficient (Wildman–Crippen LogP) is 0.916. The van der Waals surface area contributed by atoms with Crippen LogP contribution in [0.2, 0.25) is 0 Å². The van der Waals surface area contributed by atoms with Crippen molar-refractivity contribution in [2.24, 2.45) is 5.92 Å². The summed E-state index contributed by atoms with van der Waals surface area (Å²) in [4.78, 5) is 0. The van der Waals surface area contributed by atoms with E-state index in [0.29, 0.717) is 12.0 Å². The van der Waals surface area contributed by atoms with Gasteiger partial charge in [-0.15, -0.1) is 0 Å². The summed E-state index contributed by atoms with van der Waals surface area (Å²) < 4.78 is 5.43. The SMILES string of the molecule is CC(CO)(NC1CCCOC1)C1CC1. The highest BCUT2D eigenvalue weighted by Gasteiger charge is 2.42. The zero-order valence-corrected chi connectivity index (χ0v) is 8.96. The minimum atomic E-state index is -0.0641. The number of nitrogens with one attached hydrogen (secondary N) is 1. The third-order valence-corrected chi connectivity index (χ3v) is 3.50. The Hall–Kier alpha value is -0.120. The third-order valence-electron chi connectivity index (χ3n) is 3.50. The van der Waals surface area contributed by atoms with Crippen LogP contribution in [0.4, 0.5) is 0 Å². The first-order valence-corrected chi connectivity index (χ1v) is 5.71. The lowest BCUT2D eigenvalue weighted by Gasteiger charge is -2.35. The molecule has 0 bridgehead atoms. The zero-order valence-electron chi connectivity index (χ0n) is 8.96. The van der Waals surface area contributed by atoms with E-state index in [0.717, 1.165) is 19.6 Å². The van der Waals surface area contributed by atoms with Gasteiger partial charge in [0.05, 0.1) is 13.2 Å². The minimum absolute atomic E-state index is 0.0641. The van der Waals surface area contributed by atoms with Gasteiger partial charge < -0.3 is 15.2 Å². The van der Waals surface area contributed by atoms with E-state index >= 15 is 0 Å². The molecule has 2 rings (SSSR count). The van der Waals surface area contributed by atoms with Crippen LogP contribution in [0, 0.1) is 5.92 Å². The van der Waals surface area contributed by atoms with Crippen LogP contribution in [0.15, 0.2) is 0 Å². The molecule has 2 unspecified atom stereocenters. The minimum Gasteiger partial charge on any atom is -0.394 e. The Labute approximate surface area is 85.8 Å². The van der Waals surface area contributed by atoms with Crippen molar-refractivity contribution in [3.63, 3.8) is 0 Å². The molecule has 0 aromatic rings. The summed E-state index contributed by atoms with van der Waals surface area (Å²) in [7, 11) is 0. The summed E-state index contributed by atoms with van der Waals surface area (Å²) in [5, 5.41) is 13.0. The van der Waals surface area contributed by atoms with Gasteiger partial charge in [0.25, 0.3) is 0 Å². The molecule has 0 spiro atoms. The largest absolute Gasteiger partial charge is 0.394 e. The first kappa shape index (κ1) is 10.4. The van der Waals surface area contributed by atoms with Crippen LogP contribution in [0.3, 0.4) is 0 Å². The molecule has 0 radical (unpaired) electrons. The molecule has 1 saturated heterocycles. The molecular formula is C11H21NO2. The molecule has 14 heavy (non-hydrogen) atoms. The van der Waals surface area contributed by atoms with Crippen molar-refractivity contribution >= 4 is 0 Å². The Morgan fingerprint density at radius 3 is 2.71 bits per heavy atom. The van der Waals surface area contributed by atoms with Crippen LogP contribution in [0.5, 0.6) is 0 Å². The normalized spacial score (nSPS) is 32.6. The maximum Gasteiger partial charge on any atom is 0.0619 e. The van der Waals surface area contributed by atoms with Crippen LogP contribution in [-0.4, -0.2) is 36.5 Å². The predicted molar refractivity (Wildman–Crippen MR) is 55.2 cm³/mol. The Kier molecular flexibility index (Phi) is 3.10. The van der Waals surface area contributed by atoms with E-state index < -0.39 is 0 Å². The van der Waals surface area contributed by atoms with Gasteiger partial charge in [-0.2, -0.15) is 0 Å². The number of hydrogen-bond acceptors (Lipinski definition) is 3. The standard InChI is InChI=1S/C11H21NO2/c1-11(8-13,9-4-5-9)12-10-3-2-6-14-7-10/h9-10,12-13H,2-8H2,1H3. The highest BCUT2D eigenvalue weighted by molar-refractivity contribution is 4.99. The van der Waals surface area contributed by atoms with Gasteiger partial charge in [0.1, 0.15) is 0 Å². The second kappa shape index (κ2) is 4.17. The van der Waals surface area contributed by atoms with Gasteiger partial charge in [-0.3, -0.25) is 0 Å². The van der Waals surface area contributed by atoms with E-state index in [9.17, 15) is 5.11 Å². The lowest BCUT2D eigenvalue weighted by Crippen LogP contribution is -2.54. The first-order chi connectivity index (χ1) is 6.74. The highest BCUT2D eigenvalue weighted by atomic mass is 16.5. The Morgan fingerprint density at radius 2 is 2.21 bits per heavy atom. The van der Waals surface area contributed by atoms with E-state index in [2.05, 4.69) is 12.2 Å². The van der Waals surface area contributed by atoms with Gasteiger partial charge in [0.2, 0.25) is 0 Å². The van der Waals surface area contributed by atoms with Gasteiger partial charge in [-0.05, 0) is 38.5 Å². The molecule has 0 aromatic heterocycles. The van der Waals surface area contributed by atoms with Crippen LogP contribution in [0.25, 0.3) is 0 Å². The fraction of sp³-hybridized carbons (Fsp3) is 1.00. The number of aliphatic hydroxyl groups excluding tert-OH is 1. The Morgan fingerprint density at radius 1 is 1.43 bits per heavy atom. The molecule has 0 amide bonds. The maximum absolute atomic E-state index is 9.42. The van der Waals surface area contributed by atoms with Crippen LogP contribution >= 0.6 is 0 Å². The molecule has 1 saturated carbocycles. The second-order valence-corrected chi connectivity index (χ2v) is 4.91. The van der Waals surface area contributed by atoms with Gasteiger partial charge in [-0.25, -0.2) is 0 Å². The number of rotatable bonds is 4. The molecule has 2 atom stereocenters. The summed E-state index contributed by atoms with van der Waals surface area (Å²) in [5.41, 5.74) is -0.0641. The molecule has 1 heterocycles. The summed E-state index contributed by atoms with van der Waals surface area (Å²) in [6.07, 6.45) is 4.85. The van der Waals surface area contributed by atoms with E-state index in [1.54, 1.807) is 0 Å². The average molecular weight is 199 g/mol. The molecule has 3 heteroatoms. The van der Waals surface area contributed by atoms with Crippen molar-refractivity contribution in [2.45, 2.75) is 44.2 Å². The van der Waals surface area contributed by atoms with E-state index in [4.69, 9.17) is 4.74 Å². The Balaban J connectivity index is 1.86. The van der Waals surface area contributed by atoms with Gasteiger partial charge in [0, 0.05) is 18.2 Å². The fourth-order valence-electron chi connectivity index (χ4n) is 2.33. The number of ether oxygens (including phenoxy) is 1. The summed E-state index contributed by atoms with van der Waals surface area (Å²) in [6, 6.07) is 0.446. The van der Waals surface area contributed by atoms with Gasteiger partial charge >= 0.3 is 0 Å². The van der Waals surface area contributed by atoms with Crippen LogP contribution in [0.1, 0.15) is 32.6 Å². The van der Waals surface area contributed by atoms with E-state index in [1.165, 1.54) is 19.3 Å². The van der Waals surface area contributed by atoms with Crippen LogP contribution in [-0.2, 0) is 4.74 Å². The van der Waals surface area contributed by atoms with Crippen molar-refractivity contribution in [3.8, 4) is 0 Å². The molecule has 3 nitrogen and oxygen atoms in total. The molecule has 82 valence electrons. The molecule has 2 N–H and O–H groups in total. The van der Waals surface area contributed by atoms with Gasteiger partial charge in [0.15, 0.2) is 0 Å². The van der Waals surface area contributed by atoms with Crippen LogP contribution < -0.4 is 5.32 Å². The van der Waals surface area contributed by atoms with Crippen molar-refractivity contribution in [3.05, 3.63) is 0 Å². The smallest absolute Gasteiger partial charge is 0.0619 e. The molecule has 1 aliphatic heterocycles. The molecular weight excluding hydrogens is 178 g/mol. The summed E-state index contributed by atoms with van der Waals surface area (Å²) in [6.45, 7) is 4.09. The topological polar surface area (TPSA) is 41.5 Å². The summed E-state index contributed by atoms with van der Waals surface area (Å²) in [5.74, 6) is 0.675. The third kappa shape index (κ3) is 2.27. The van der Waals surface area contributed by atoms with Crippen molar-refractivity contribution in [1.82, 2.24) is 5.32 Å². The van der Waals surface area contributed by atoms with Crippen molar-refractivity contribution < 1.29 is 9.84 Å². The van der Waals surface area contributed by atoms with E-state index in [-0.39, 0.29) is 12.1 Å². The zero-order chi connectivity index (χ0) is 10.0. The number of aliphatic hydroxyl groups is 1. The lowest BCUT2D eigenvalue weighted by molar-refractivity contribution is 0.0450. The quantitative estimate of drug-likeness (QED) is 0.707. The monoisotopic (exact) mass is 199 g/mol. The summed E-state index contributed by atoms with van der Waals surface area (Å²) >= 11 is 0. The average Bonchev–Trinajstić information content (AvgIpc) is 3.03.